The highest BCUT2D eigenvalue weighted by Crippen LogP contribution is 2.51. The molecule has 1 aliphatic carbocycles. The maximum Gasteiger partial charge on any atom is 0.419 e. The van der Waals surface area contributed by atoms with Crippen molar-refractivity contribution in [1.29, 1.82) is 0 Å². The van der Waals surface area contributed by atoms with Gasteiger partial charge in [-0.25, -0.2) is 0 Å². The van der Waals surface area contributed by atoms with Gasteiger partial charge < -0.3 is 9.84 Å². The van der Waals surface area contributed by atoms with Crippen LogP contribution < -0.4 is 4.74 Å². The summed E-state index contributed by atoms with van der Waals surface area (Å²) in [6, 6.07) is 3.71. The monoisotopic (exact) mass is 232 g/mol. The Kier molecular flexibility index (Phi) is 2.38. The van der Waals surface area contributed by atoms with E-state index < -0.39 is 17.3 Å². The lowest BCUT2D eigenvalue weighted by Gasteiger charge is -2.18. The van der Waals surface area contributed by atoms with E-state index >= 15 is 0 Å². The number of rotatable bonds is 2. The zero-order valence-corrected chi connectivity index (χ0v) is 8.64. The van der Waals surface area contributed by atoms with Gasteiger partial charge in [-0.3, -0.25) is 0 Å². The minimum absolute atomic E-state index is 0.227. The lowest BCUT2D eigenvalue weighted by molar-refractivity contribution is -0.138. The van der Waals surface area contributed by atoms with Crippen LogP contribution in [0.3, 0.4) is 0 Å². The summed E-state index contributed by atoms with van der Waals surface area (Å²) in [7, 11) is 1.18. The van der Waals surface area contributed by atoms with E-state index in [2.05, 4.69) is 0 Å². The van der Waals surface area contributed by atoms with E-state index in [1.165, 1.54) is 19.2 Å². The highest BCUT2D eigenvalue weighted by atomic mass is 19.4. The number of alkyl halides is 3. The van der Waals surface area contributed by atoms with Gasteiger partial charge in [0.15, 0.2) is 0 Å². The van der Waals surface area contributed by atoms with Gasteiger partial charge in [-0.15, -0.1) is 0 Å². The molecule has 0 aromatic heterocycles. The normalized spacial score (nSPS) is 18.3. The molecular weight excluding hydrogens is 221 g/mol. The molecule has 2 rings (SSSR count). The van der Waals surface area contributed by atoms with Gasteiger partial charge in [-0.05, 0) is 18.9 Å². The third-order valence-electron chi connectivity index (χ3n) is 2.75. The van der Waals surface area contributed by atoms with Gasteiger partial charge >= 0.3 is 6.18 Å². The molecule has 0 spiro atoms. The van der Waals surface area contributed by atoms with Crippen molar-refractivity contribution in [1.82, 2.24) is 0 Å². The Hall–Kier alpha value is -1.23. The maximum absolute atomic E-state index is 12.7. The molecule has 1 aliphatic rings. The van der Waals surface area contributed by atoms with Crippen LogP contribution in [0.15, 0.2) is 18.2 Å². The number of aliphatic hydroxyl groups is 1. The molecular formula is C11H11F3O2. The van der Waals surface area contributed by atoms with Gasteiger partial charge in [0.05, 0.1) is 18.3 Å². The summed E-state index contributed by atoms with van der Waals surface area (Å²) in [5.74, 6) is -0.269. The smallest absolute Gasteiger partial charge is 0.419 e. The first-order valence-corrected chi connectivity index (χ1v) is 4.85. The number of benzene rings is 1. The predicted molar refractivity (Wildman–Crippen MR) is 51.1 cm³/mol. The van der Waals surface area contributed by atoms with E-state index in [1.807, 2.05) is 0 Å². The molecule has 1 aromatic rings. The lowest BCUT2D eigenvalue weighted by Crippen LogP contribution is -2.13. The topological polar surface area (TPSA) is 29.5 Å². The summed E-state index contributed by atoms with van der Waals surface area (Å²) < 4.78 is 42.8. The van der Waals surface area contributed by atoms with Gasteiger partial charge in [0.2, 0.25) is 0 Å². The van der Waals surface area contributed by atoms with Crippen molar-refractivity contribution >= 4 is 0 Å². The molecule has 0 atom stereocenters. The fraction of sp³-hybridized carbons (Fsp3) is 0.455. The highest BCUT2D eigenvalue weighted by molar-refractivity contribution is 5.48. The van der Waals surface area contributed by atoms with Crippen molar-refractivity contribution in [3.63, 3.8) is 0 Å². The average molecular weight is 232 g/mol. The first-order chi connectivity index (χ1) is 7.38. The van der Waals surface area contributed by atoms with Crippen molar-refractivity contribution in [3.8, 4) is 5.75 Å². The van der Waals surface area contributed by atoms with Crippen LogP contribution in [0.4, 0.5) is 13.2 Å². The van der Waals surface area contributed by atoms with Crippen molar-refractivity contribution in [2.45, 2.75) is 24.6 Å². The molecule has 0 amide bonds. The number of halogens is 3. The molecule has 0 unspecified atom stereocenters. The third kappa shape index (κ3) is 1.75. The Morgan fingerprint density at radius 2 is 1.94 bits per heavy atom. The molecule has 1 saturated carbocycles. The molecule has 16 heavy (non-hydrogen) atoms. The van der Waals surface area contributed by atoms with Gasteiger partial charge in [0.25, 0.3) is 0 Å². The summed E-state index contributed by atoms with van der Waals surface area (Å²) in [5.41, 5.74) is -1.75. The van der Waals surface area contributed by atoms with Crippen LogP contribution in [0, 0.1) is 0 Å². The molecule has 0 aliphatic heterocycles. The Balaban J connectivity index is 2.56. The average Bonchev–Trinajstić information content (AvgIpc) is 2.95. The van der Waals surface area contributed by atoms with Gasteiger partial charge in [0, 0.05) is 5.56 Å². The predicted octanol–water partition coefficient (Wildman–Crippen LogP) is 2.70. The van der Waals surface area contributed by atoms with E-state index in [9.17, 15) is 18.3 Å². The number of ether oxygens (including phenoxy) is 1. The summed E-state index contributed by atoms with van der Waals surface area (Å²) >= 11 is 0. The minimum atomic E-state index is -4.47. The lowest BCUT2D eigenvalue weighted by atomic mass is 10.0. The van der Waals surface area contributed by atoms with Crippen LogP contribution in [-0.2, 0) is 11.8 Å². The molecule has 2 nitrogen and oxygen atoms in total. The quantitative estimate of drug-likeness (QED) is 0.849. The van der Waals surface area contributed by atoms with Crippen molar-refractivity contribution in [2.75, 3.05) is 7.11 Å². The summed E-state index contributed by atoms with van der Waals surface area (Å²) in [6.07, 6.45) is -3.51. The zero-order valence-electron chi connectivity index (χ0n) is 8.64. The van der Waals surface area contributed by atoms with Crippen molar-refractivity contribution in [2.24, 2.45) is 0 Å². The molecule has 0 heterocycles. The SMILES string of the molecule is COc1c(C(F)(F)F)cccc1C1(O)CC1. The fourth-order valence-electron chi connectivity index (χ4n) is 1.73. The van der Waals surface area contributed by atoms with E-state index in [-0.39, 0.29) is 11.3 Å². The summed E-state index contributed by atoms with van der Waals surface area (Å²) in [4.78, 5) is 0. The van der Waals surface area contributed by atoms with Crippen LogP contribution >= 0.6 is 0 Å². The van der Waals surface area contributed by atoms with Crippen molar-refractivity contribution in [3.05, 3.63) is 29.3 Å². The first-order valence-electron chi connectivity index (χ1n) is 4.85. The third-order valence-corrected chi connectivity index (χ3v) is 2.75. The standard InChI is InChI=1S/C11H11F3O2/c1-16-9-7(10(15)5-6-10)3-2-4-8(9)11(12,13)14/h2-4,15H,5-6H2,1H3. The summed E-state index contributed by atoms with van der Waals surface area (Å²) in [5, 5.41) is 9.85. The van der Waals surface area contributed by atoms with E-state index in [4.69, 9.17) is 4.74 Å². The molecule has 5 heteroatoms. The largest absolute Gasteiger partial charge is 0.496 e. The summed E-state index contributed by atoms with van der Waals surface area (Å²) in [6.45, 7) is 0. The minimum Gasteiger partial charge on any atom is -0.496 e. The second kappa shape index (κ2) is 3.38. The molecule has 0 saturated heterocycles. The number of hydrogen-bond acceptors (Lipinski definition) is 2. The Labute approximate surface area is 90.7 Å². The second-order valence-electron chi connectivity index (χ2n) is 3.92. The fourth-order valence-corrected chi connectivity index (χ4v) is 1.73. The van der Waals surface area contributed by atoms with E-state index in [0.29, 0.717) is 12.8 Å². The number of hydrogen-bond donors (Lipinski definition) is 1. The molecule has 0 radical (unpaired) electrons. The highest BCUT2D eigenvalue weighted by Gasteiger charge is 2.46. The molecule has 88 valence electrons. The van der Waals surface area contributed by atoms with Crippen LogP contribution in [-0.4, -0.2) is 12.2 Å². The van der Waals surface area contributed by atoms with E-state index in [1.54, 1.807) is 0 Å². The zero-order chi connectivity index (χ0) is 12.0. The molecule has 0 bridgehead atoms. The van der Waals surface area contributed by atoms with Crippen LogP contribution in [0.1, 0.15) is 24.0 Å². The number of methoxy groups -OCH3 is 1. The van der Waals surface area contributed by atoms with Gasteiger partial charge in [-0.2, -0.15) is 13.2 Å². The molecule has 1 N–H and O–H groups in total. The van der Waals surface area contributed by atoms with Gasteiger partial charge in [-0.1, -0.05) is 12.1 Å². The maximum atomic E-state index is 12.7. The van der Waals surface area contributed by atoms with E-state index in [0.717, 1.165) is 6.07 Å². The Bertz CT molecular complexity index is 385. The van der Waals surface area contributed by atoms with Crippen LogP contribution in [0.2, 0.25) is 0 Å². The number of para-hydroxylation sites is 1. The molecule has 1 fully saturated rings. The second-order valence-corrected chi connectivity index (χ2v) is 3.92. The van der Waals surface area contributed by atoms with Gasteiger partial charge in [0.1, 0.15) is 5.75 Å². The van der Waals surface area contributed by atoms with Crippen LogP contribution in [0.5, 0.6) is 5.75 Å². The Morgan fingerprint density at radius 3 is 2.38 bits per heavy atom. The van der Waals surface area contributed by atoms with Crippen LogP contribution in [0.25, 0.3) is 0 Å². The first kappa shape index (κ1) is 11.3. The molecule has 1 aromatic carbocycles. The Morgan fingerprint density at radius 1 is 1.31 bits per heavy atom. The van der Waals surface area contributed by atoms with Crippen molar-refractivity contribution < 1.29 is 23.0 Å².